The Hall–Kier alpha value is -2.33. The summed E-state index contributed by atoms with van der Waals surface area (Å²) < 4.78 is 0. The molecule has 0 aliphatic carbocycles. The molecule has 0 radical (unpaired) electrons. The fourth-order valence-electron chi connectivity index (χ4n) is 2.35. The molecule has 2 aromatic rings. The average Bonchev–Trinajstić information content (AvgIpc) is 2.52. The number of nitrogens with one attached hydrogen (secondary N) is 1. The van der Waals surface area contributed by atoms with E-state index in [1.54, 1.807) is 11.8 Å². The summed E-state index contributed by atoms with van der Waals surface area (Å²) >= 11 is 1.69. The summed E-state index contributed by atoms with van der Waals surface area (Å²) in [6.07, 6.45) is 1.92. The van der Waals surface area contributed by atoms with Crippen molar-refractivity contribution in [2.75, 3.05) is 11.1 Å². The molecular formula is C18H15NO2S. The molecule has 1 amide bonds. The fourth-order valence-corrected chi connectivity index (χ4v) is 3.36. The van der Waals surface area contributed by atoms with Crippen LogP contribution in [0.5, 0.6) is 0 Å². The van der Waals surface area contributed by atoms with Crippen molar-refractivity contribution < 1.29 is 9.59 Å². The molecule has 3 rings (SSSR count). The third-order valence-corrected chi connectivity index (χ3v) is 4.50. The largest absolute Gasteiger partial charge is 0.326 e. The third kappa shape index (κ3) is 3.12. The van der Waals surface area contributed by atoms with Crippen molar-refractivity contribution in [3.63, 3.8) is 0 Å². The molecule has 1 heterocycles. The van der Waals surface area contributed by atoms with Crippen LogP contribution in [0.3, 0.4) is 0 Å². The fraction of sp³-hybridized carbons (Fsp3) is 0.111. The number of amides is 1. The van der Waals surface area contributed by atoms with Gasteiger partial charge in [-0.3, -0.25) is 9.59 Å². The van der Waals surface area contributed by atoms with Crippen LogP contribution >= 0.6 is 11.8 Å². The first-order valence-corrected chi connectivity index (χ1v) is 7.97. The molecule has 0 unspecified atom stereocenters. The summed E-state index contributed by atoms with van der Waals surface area (Å²) in [7, 11) is 0. The molecule has 0 atom stereocenters. The van der Waals surface area contributed by atoms with Crippen LogP contribution in [0.1, 0.15) is 22.8 Å². The summed E-state index contributed by atoms with van der Waals surface area (Å²) in [6.45, 7) is 1.48. The van der Waals surface area contributed by atoms with Crippen LogP contribution in [-0.2, 0) is 4.79 Å². The minimum Gasteiger partial charge on any atom is -0.326 e. The van der Waals surface area contributed by atoms with Gasteiger partial charge in [-0.25, -0.2) is 0 Å². The highest BCUT2D eigenvalue weighted by Gasteiger charge is 2.21. The lowest BCUT2D eigenvalue weighted by molar-refractivity contribution is -0.114. The summed E-state index contributed by atoms with van der Waals surface area (Å²) in [5.41, 5.74) is 3.29. The zero-order chi connectivity index (χ0) is 15.5. The Morgan fingerprint density at radius 2 is 1.86 bits per heavy atom. The van der Waals surface area contributed by atoms with E-state index in [4.69, 9.17) is 0 Å². The Morgan fingerprint density at radius 3 is 2.59 bits per heavy atom. The molecule has 1 N–H and O–H groups in total. The highest BCUT2D eigenvalue weighted by atomic mass is 32.2. The number of hydrogen-bond acceptors (Lipinski definition) is 3. The van der Waals surface area contributed by atoms with Gasteiger partial charge >= 0.3 is 0 Å². The van der Waals surface area contributed by atoms with E-state index in [-0.39, 0.29) is 11.7 Å². The summed E-state index contributed by atoms with van der Waals surface area (Å²) in [5, 5.41) is 2.73. The number of thioether (sulfide) groups is 1. The maximum Gasteiger partial charge on any atom is 0.221 e. The van der Waals surface area contributed by atoms with Gasteiger partial charge in [-0.15, -0.1) is 11.8 Å². The molecule has 1 aliphatic rings. The van der Waals surface area contributed by atoms with Crippen LogP contribution in [0, 0.1) is 0 Å². The van der Waals surface area contributed by atoms with Crippen LogP contribution < -0.4 is 5.32 Å². The molecule has 0 fully saturated rings. The third-order valence-electron chi connectivity index (χ3n) is 3.38. The maximum absolute atomic E-state index is 12.5. The van der Waals surface area contributed by atoms with Gasteiger partial charge in [0.15, 0.2) is 5.78 Å². The van der Waals surface area contributed by atoms with Crippen molar-refractivity contribution in [3.8, 4) is 0 Å². The van der Waals surface area contributed by atoms with E-state index in [2.05, 4.69) is 5.32 Å². The standard InChI is InChI=1S/C18H15NO2S/c1-12(20)19-15-8-6-13(7-9-15)10-14-11-22-17-5-3-2-4-16(17)18(14)21/h2-10H,11H2,1H3,(H,19,20)/b14-10+. The van der Waals surface area contributed by atoms with Crippen LogP contribution in [0.25, 0.3) is 6.08 Å². The monoisotopic (exact) mass is 309 g/mol. The Labute approximate surface area is 133 Å². The second kappa shape index (κ2) is 6.20. The van der Waals surface area contributed by atoms with Gasteiger partial charge in [-0.2, -0.15) is 0 Å². The molecule has 0 bridgehead atoms. The predicted octanol–water partition coefficient (Wildman–Crippen LogP) is 4.02. The van der Waals surface area contributed by atoms with E-state index in [1.807, 2.05) is 54.6 Å². The van der Waals surface area contributed by atoms with Gasteiger partial charge in [0.1, 0.15) is 0 Å². The van der Waals surface area contributed by atoms with Crippen LogP contribution in [-0.4, -0.2) is 17.4 Å². The van der Waals surface area contributed by atoms with E-state index >= 15 is 0 Å². The van der Waals surface area contributed by atoms with Gasteiger partial charge in [-0.1, -0.05) is 24.3 Å². The zero-order valence-corrected chi connectivity index (χ0v) is 12.9. The topological polar surface area (TPSA) is 46.2 Å². The van der Waals surface area contributed by atoms with E-state index in [0.717, 1.165) is 27.3 Å². The number of ketones is 1. The van der Waals surface area contributed by atoms with Crippen molar-refractivity contribution in [1.82, 2.24) is 0 Å². The van der Waals surface area contributed by atoms with Gasteiger partial charge < -0.3 is 5.32 Å². The van der Waals surface area contributed by atoms with E-state index in [9.17, 15) is 9.59 Å². The van der Waals surface area contributed by atoms with Crippen molar-refractivity contribution in [1.29, 1.82) is 0 Å². The molecule has 0 saturated carbocycles. The highest BCUT2D eigenvalue weighted by Crippen LogP contribution is 2.33. The molecule has 0 saturated heterocycles. The normalized spacial score (nSPS) is 15.5. The molecule has 3 nitrogen and oxygen atoms in total. The molecule has 0 aromatic heterocycles. The van der Waals surface area contributed by atoms with Crippen LogP contribution in [0.2, 0.25) is 0 Å². The van der Waals surface area contributed by atoms with Gasteiger partial charge in [0.05, 0.1) is 0 Å². The average molecular weight is 309 g/mol. The summed E-state index contributed by atoms with van der Waals surface area (Å²) in [6, 6.07) is 15.2. The maximum atomic E-state index is 12.5. The number of hydrogen-bond donors (Lipinski definition) is 1. The first-order valence-electron chi connectivity index (χ1n) is 6.98. The minimum absolute atomic E-state index is 0.0958. The van der Waals surface area contributed by atoms with Crippen molar-refractivity contribution in [3.05, 3.63) is 65.2 Å². The number of rotatable bonds is 2. The number of carbonyl (C=O) groups excluding carboxylic acids is 2. The van der Waals surface area contributed by atoms with Crippen LogP contribution in [0.4, 0.5) is 5.69 Å². The van der Waals surface area contributed by atoms with Crippen molar-refractivity contribution in [2.24, 2.45) is 0 Å². The number of benzene rings is 2. The number of anilines is 1. The molecular weight excluding hydrogens is 294 g/mol. The molecule has 4 heteroatoms. The SMILES string of the molecule is CC(=O)Nc1ccc(/C=C2\CSc3ccccc3C2=O)cc1. The van der Waals surface area contributed by atoms with Gasteiger partial charge in [0.25, 0.3) is 0 Å². The van der Waals surface area contributed by atoms with Crippen LogP contribution in [0.15, 0.2) is 59.0 Å². The Bertz CT molecular complexity index is 763. The molecule has 2 aromatic carbocycles. The van der Waals surface area contributed by atoms with Gasteiger partial charge in [0, 0.05) is 34.4 Å². The minimum atomic E-state index is -0.0958. The molecule has 0 spiro atoms. The van der Waals surface area contributed by atoms with E-state index in [1.165, 1.54) is 6.92 Å². The van der Waals surface area contributed by atoms with Crippen molar-refractivity contribution >= 4 is 35.2 Å². The highest BCUT2D eigenvalue weighted by molar-refractivity contribution is 7.99. The van der Waals surface area contributed by atoms with Gasteiger partial charge in [-0.05, 0) is 35.9 Å². The second-order valence-corrected chi connectivity index (χ2v) is 6.10. The molecule has 22 heavy (non-hydrogen) atoms. The Kier molecular flexibility index (Phi) is 4.11. The van der Waals surface area contributed by atoms with E-state index < -0.39 is 0 Å². The Morgan fingerprint density at radius 1 is 1.14 bits per heavy atom. The molecule has 110 valence electrons. The van der Waals surface area contributed by atoms with Gasteiger partial charge in [0.2, 0.25) is 5.91 Å². The zero-order valence-electron chi connectivity index (χ0n) is 12.1. The summed E-state index contributed by atoms with van der Waals surface area (Å²) in [4.78, 5) is 24.5. The number of Topliss-reactive ketones (excluding diaryl/α,β-unsaturated/α-hetero) is 1. The molecule has 1 aliphatic heterocycles. The van der Waals surface area contributed by atoms with E-state index in [0.29, 0.717) is 5.75 Å². The predicted molar refractivity (Wildman–Crippen MR) is 90.2 cm³/mol. The second-order valence-electron chi connectivity index (χ2n) is 5.09. The first kappa shape index (κ1) is 14.6. The lowest BCUT2D eigenvalue weighted by Gasteiger charge is -2.16. The summed E-state index contributed by atoms with van der Waals surface area (Å²) in [5.74, 6) is 0.686. The lowest BCUT2D eigenvalue weighted by atomic mass is 10.0. The van der Waals surface area contributed by atoms with Crippen molar-refractivity contribution in [2.45, 2.75) is 11.8 Å². The Balaban J connectivity index is 1.84. The smallest absolute Gasteiger partial charge is 0.221 e. The lowest BCUT2D eigenvalue weighted by Crippen LogP contribution is -2.12. The first-order chi connectivity index (χ1) is 10.6. The number of fused-ring (bicyclic) bond motifs is 1. The quantitative estimate of drug-likeness (QED) is 0.852. The number of carbonyl (C=O) groups is 2.